The molecule has 4 rings (SSSR count). The fourth-order valence-corrected chi connectivity index (χ4v) is 3.53. The van der Waals surface area contributed by atoms with Gasteiger partial charge >= 0.3 is 0 Å². The molecule has 0 bridgehead atoms. The molecule has 7 nitrogen and oxygen atoms in total. The highest BCUT2D eigenvalue weighted by Gasteiger charge is 2.14. The van der Waals surface area contributed by atoms with Crippen LogP contribution in [0.1, 0.15) is 57.2 Å². The lowest BCUT2D eigenvalue weighted by atomic mass is 9.98. The van der Waals surface area contributed by atoms with E-state index in [1.165, 1.54) is 5.56 Å². The summed E-state index contributed by atoms with van der Waals surface area (Å²) in [7, 11) is 0. The molecule has 0 spiro atoms. The summed E-state index contributed by atoms with van der Waals surface area (Å²) in [6.45, 7) is 9.67. The number of nitrogens with one attached hydrogen (secondary N) is 1. The minimum Gasteiger partial charge on any atom is -0.249 e. The second-order valence-corrected chi connectivity index (χ2v) is 8.62. The minimum atomic E-state index is 0.323. The van der Waals surface area contributed by atoms with Gasteiger partial charge in [0.2, 0.25) is 0 Å². The third kappa shape index (κ3) is 4.87. The zero-order chi connectivity index (χ0) is 21.8. The lowest BCUT2D eigenvalue weighted by molar-refractivity contribution is 0.473. The van der Waals surface area contributed by atoms with Crippen molar-refractivity contribution in [3.63, 3.8) is 0 Å². The summed E-state index contributed by atoms with van der Waals surface area (Å²) in [6, 6.07) is 16.8. The molecular formula is C24H29N7. The van der Waals surface area contributed by atoms with E-state index in [9.17, 15) is 0 Å². The normalized spacial score (nSPS) is 11.5. The molecule has 0 aliphatic rings. The third-order valence-corrected chi connectivity index (χ3v) is 5.35. The van der Waals surface area contributed by atoms with Gasteiger partial charge in [0.1, 0.15) is 5.82 Å². The van der Waals surface area contributed by atoms with Gasteiger partial charge in [-0.2, -0.15) is 5.10 Å². The van der Waals surface area contributed by atoms with Crippen LogP contribution < -0.4 is 0 Å². The van der Waals surface area contributed by atoms with Crippen molar-refractivity contribution in [1.29, 1.82) is 0 Å². The van der Waals surface area contributed by atoms with Crippen molar-refractivity contribution >= 4 is 0 Å². The van der Waals surface area contributed by atoms with Crippen molar-refractivity contribution in [2.24, 2.45) is 5.92 Å². The fourth-order valence-electron chi connectivity index (χ4n) is 3.53. The maximum Gasteiger partial charge on any atom is 0.180 e. The second-order valence-electron chi connectivity index (χ2n) is 8.62. The van der Waals surface area contributed by atoms with Gasteiger partial charge in [-0.1, -0.05) is 76.2 Å². The fraction of sp³-hybridized carbons (Fsp3) is 0.375. The quantitative estimate of drug-likeness (QED) is 0.443. The minimum absolute atomic E-state index is 0.323. The van der Waals surface area contributed by atoms with Crippen molar-refractivity contribution in [2.45, 2.75) is 53.0 Å². The van der Waals surface area contributed by atoms with E-state index in [0.717, 1.165) is 47.7 Å². The average molecular weight is 416 g/mol. The standard InChI is InChI=1S/C24H29N7/c1-16(2)13-14-31-22(25-23(28-31)17(3)4)15-18-9-11-19(12-10-18)20-7-5-6-8-21(20)24-26-29-30-27-24/h5-12,16-17H,13-15H2,1-4H3,(H,26,27,29,30). The molecule has 2 aromatic heterocycles. The van der Waals surface area contributed by atoms with E-state index in [1.807, 2.05) is 18.2 Å². The molecule has 0 aliphatic carbocycles. The number of tetrazole rings is 1. The molecule has 31 heavy (non-hydrogen) atoms. The first-order valence-corrected chi connectivity index (χ1v) is 10.9. The molecule has 4 aromatic rings. The number of hydrogen-bond acceptors (Lipinski definition) is 5. The van der Waals surface area contributed by atoms with Crippen LogP contribution in [0.15, 0.2) is 48.5 Å². The van der Waals surface area contributed by atoms with Gasteiger partial charge in [-0.3, -0.25) is 0 Å². The first-order valence-electron chi connectivity index (χ1n) is 10.9. The molecule has 0 saturated carbocycles. The Kier molecular flexibility index (Phi) is 6.21. The molecule has 0 atom stereocenters. The van der Waals surface area contributed by atoms with Gasteiger partial charge in [0.05, 0.1) is 0 Å². The SMILES string of the molecule is CC(C)CCn1nc(C(C)C)nc1Cc1ccc(-c2ccccc2-c2nnn[nH]2)cc1. The van der Waals surface area contributed by atoms with Gasteiger partial charge in [-0.15, -0.1) is 5.10 Å². The van der Waals surface area contributed by atoms with E-state index < -0.39 is 0 Å². The van der Waals surface area contributed by atoms with Crippen molar-refractivity contribution in [1.82, 2.24) is 35.4 Å². The zero-order valence-corrected chi connectivity index (χ0v) is 18.6. The highest BCUT2D eigenvalue weighted by Crippen LogP contribution is 2.30. The first kappa shape index (κ1) is 20.9. The van der Waals surface area contributed by atoms with E-state index in [1.54, 1.807) is 0 Å². The highest BCUT2D eigenvalue weighted by molar-refractivity contribution is 5.80. The summed E-state index contributed by atoms with van der Waals surface area (Å²) in [4.78, 5) is 4.84. The van der Waals surface area contributed by atoms with Crippen molar-refractivity contribution in [2.75, 3.05) is 0 Å². The Labute approximate surface area is 182 Å². The number of H-pyrrole nitrogens is 1. The predicted octanol–water partition coefficient (Wildman–Crippen LogP) is 4.89. The molecule has 0 amide bonds. The van der Waals surface area contributed by atoms with E-state index in [4.69, 9.17) is 10.1 Å². The molecule has 2 heterocycles. The molecule has 0 fully saturated rings. The third-order valence-electron chi connectivity index (χ3n) is 5.35. The molecule has 160 valence electrons. The maximum atomic E-state index is 4.84. The number of nitrogens with zero attached hydrogens (tertiary/aromatic N) is 6. The van der Waals surface area contributed by atoms with Crippen LogP contribution in [0.5, 0.6) is 0 Å². The van der Waals surface area contributed by atoms with Crippen LogP contribution in [-0.4, -0.2) is 35.4 Å². The van der Waals surface area contributed by atoms with E-state index >= 15 is 0 Å². The van der Waals surface area contributed by atoms with E-state index in [2.05, 4.69) is 83.3 Å². The van der Waals surface area contributed by atoms with Gasteiger partial charge in [-0.05, 0) is 39.5 Å². The van der Waals surface area contributed by atoms with Crippen molar-refractivity contribution < 1.29 is 0 Å². The van der Waals surface area contributed by atoms with Crippen LogP contribution in [-0.2, 0) is 13.0 Å². The lowest BCUT2D eigenvalue weighted by Crippen LogP contribution is -2.08. The molecule has 7 heteroatoms. The number of aryl methyl sites for hydroxylation is 1. The summed E-state index contributed by atoms with van der Waals surface area (Å²) >= 11 is 0. The Morgan fingerprint density at radius 1 is 0.935 bits per heavy atom. The Morgan fingerprint density at radius 3 is 2.32 bits per heavy atom. The molecule has 0 aliphatic heterocycles. The largest absolute Gasteiger partial charge is 0.249 e. The number of aromatic nitrogens is 7. The van der Waals surface area contributed by atoms with Crippen LogP contribution in [0, 0.1) is 5.92 Å². The molecule has 2 aromatic carbocycles. The summed E-state index contributed by atoms with van der Waals surface area (Å²) in [5.74, 6) is 3.58. The van der Waals surface area contributed by atoms with Gasteiger partial charge in [0.15, 0.2) is 11.6 Å². The summed E-state index contributed by atoms with van der Waals surface area (Å²) in [6.07, 6.45) is 1.87. The van der Waals surface area contributed by atoms with Gasteiger partial charge < -0.3 is 0 Å². The smallest absolute Gasteiger partial charge is 0.180 e. The molecule has 0 saturated heterocycles. The zero-order valence-electron chi connectivity index (χ0n) is 18.6. The number of hydrogen-bond donors (Lipinski definition) is 1. The maximum absolute atomic E-state index is 4.84. The highest BCUT2D eigenvalue weighted by atomic mass is 15.5. The second kappa shape index (κ2) is 9.20. The van der Waals surface area contributed by atoms with Crippen LogP contribution in [0.3, 0.4) is 0 Å². The van der Waals surface area contributed by atoms with Gasteiger partial charge in [0, 0.05) is 24.4 Å². The van der Waals surface area contributed by atoms with Gasteiger partial charge in [0.25, 0.3) is 0 Å². The predicted molar refractivity (Wildman–Crippen MR) is 121 cm³/mol. The Balaban J connectivity index is 1.58. The summed E-state index contributed by atoms with van der Waals surface area (Å²) in [5.41, 5.74) is 4.42. The number of benzene rings is 2. The molecule has 1 N–H and O–H groups in total. The van der Waals surface area contributed by atoms with Crippen LogP contribution in [0.4, 0.5) is 0 Å². The topological polar surface area (TPSA) is 85.2 Å². The number of aromatic amines is 1. The van der Waals surface area contributed by atoms with Crippen molar-refractivity contribution in [3.8, 4) is 22.5 Å². The molecule has 0 radical (unpaired) electrons. The van der Waals surface area contributed by atoms with Crippen LogP contribution >= 0.6 is 0 Å². The molecular weight excluding hydrogens is 386 g/mol. The van der Waals surface area contributed by atoms with E-state index in [-0.39, 0.29) is 0 Å². The Morgan fingerprint density at radius 2 is 1.68 bits per heavy atom. The lowest BCUT2D eigenvalue weighted by Gasteiger charge is -2.10. The Hall–Kier alpha value is -3.35. The monoisotopic (exact) mass is 415 g/mol. The first-order chi connectivity index (χ1) is 15.0. The van der Waals surface area contributed by atoms with Gasteiger partial charge in [-0.25, -0.2) is 14.8 Å². The average Bonchev–Trinajstić information content (AvgIpc) is 3.43. The Bertz CT molecular complexity index is 1110. The molecule has 0 unspecified atom stereocenters. The number of rotatable bonds is 8. The summed E-state index contributed by atoms with van der Waals surface area (Å²) in [5, 5.41) is 19.1. The summed E-state index contributed by atoms with van der Waals surface area (Å²) < 4.78 is 2.09. The van der Waals surface area contributed by atoms with Crippen LogP contribution in [0.2, 0.25) is 0 Å². The van der Waals surface area contributed by atoms with Crippen molar-refractivity contribution in [3.05, 3.63) is 65.7 Å². The van der Waals surface area contributed by atoms with Crippen LogP contribution in [0.25, 0.3) is 22.5 Å². The van der Waals surface area contributed by atoms with E-state index in [0.29, 0.717) is 17.7 Å².